The van der Waals surface area contributed by atoms with Crippen molar-refractivity contribution in [1.29, 1.82) is 0 Å². The average Bonchev–Trinajstić information content (AvgIpc) is 2.90. The normalized spacial score (nSPS) is 10.7. The highest BCUT2D eigenvalue weighted by atomic mass is 16.1. The molecule has 0 saturated carbocycles. The first-order chi connectivity index (χ1) is 8.20. The topological polar surface area (TPSA) is 39.8 Å². The van der Waals surface area contributed by atoms with Crippen molar-refractivity contribution < 1.29 is 4.79 Å². The average molecular weight is 231 g/mol. The lowest BCUT2D eigenvalue weighted by Gasteiger charge is -2.03. The number of hydrogen-bond donors (Lipinski definition) is 0. The molecule has 0 saturated heterocycles. The summed E-state index contributed by atoms with van der Waals surface area (Å²) in [7, 11) is 1.97. The van der Waals surface area contributed by atoms with E-state index >= 15 is 0 Å². The molecule has 0 aliphatic heterocycles. The molecule has 4 heteroatoms. The molecule has 0 atom stereocenters. The largest absolute Gasteiger partial charge is 0.348 e. The number of carbonyl (C=O) groups is 1. The van der Waals surface area contributed by atoms with Crippen LogP contribution in [-0.4, -0.2) is 19.9 Å². The summed E-state index contributed by atoms with van der Waals surface area (Å²) in [5.41, 5.74) is 1.92. The van der Waals surface area contributed by atoms with Crippen molar-refractivity contribution in [3.63, 3.8) is 0 Å². The van der Waals surface area contributed by atoms with Crippen LogP contribution >= 0.6 is 0 Å². The number of carbonyl (C=O) groups excluding carboxylic acids is 1. The van der Waals surface area contributed by atoms with E-state index in [2.05, 4.69) is 4.98 Å². The quantitative estimate of drug-likeness (QED) is 0.740. The summed E-state index contributed by atoms with van der Waals surface area (Å²) in [4.78, 5) is 15.8. The van der Waals surface area contributed by atoms with Crippen LogP contribution in [0, 0.1) is 0 Å². The first kappa shape index (κ1) is 11.6. The van der Waals surface area contributed by atoms with Crippen molar-refractivity contribution in [3.8, 4) is 0 Å². The molecule has 0 N–H and O–H groups in total. The summed E-state index contributed by atoms with van der Waals surface area (Å²) in [6.07, 6.45) is 8.98. The fourth-order valence-corrected chi connectivity index (χ4v) is 1.80. The number of Topliss-reactive ketones (excluding diaryl/α,β-unsaturated/α-hetero) is 1. The van der Waals surface area contributed by atoms with Crippen LogP contribution in [0.5, 0.6) is 0 Å². The van der Waals surface area contributed by atoms with E-state index in [1.165, 1.54) is 0 Å². The van der Waals surface area contributed by atoms with Gasteiger partial charge in [-0.1, -0.05) is 6.92 Å². The minimum atomic E-state index is 0.219. The van der Waals surface area contributed by atoms with Crippen molar-refractivity contribution in [3.05, 3.63) is 42.2 Å². The maximum atomic E-state index is 11.7. The third kappa shape index (κ3) is 2.64. The van der Waals surface area contributed by atoms with Gasteiger partial charge >= 0.3 is 0 Å². The Labute approximate surface area is 101 Å². The summed E-state index contributed by atoms with van der Waals surface area (Å²) in [5, 5.41) is 0. The van der Waals surface area contributed by atoms with Gasteiger partial charge in [0.2, 0.25) is 0 Å². The number of aromatic nitrogens is 3. The molecule has 4 nitrogen and oxygen atoms in total. The highest BCUT2D eigenvalue weighted by Crippen LogP contribution is 2.08. The predicted molar refractivity (Wildman–Crippen MR) is 66.0 cm³/mol. The van der Waals surface area contributed by atoms with Crippen LogP contribution in [-0.2, 0) is 13.6 Å². The first-order valence-corrected chi connectivity index (χ1v) is 5.85. The number of aryl methyl sites for hydroxylation is 1. The van der Waals surface area contributed by atoms with Crippen molar-refractivity contribution in [2.24, 2.45) is 7.05 Å². The molecule has 0 spiro atoms. The molecule has 2 heterocycles. The van der Waals surface area contributed by atoms with Crippen molar-refractivity contribution in [2.75, 3.05) is 0 Å². The lowest BCUT2D eigenvalue weighted by Crippen LogP contribution is -2.02. The Morgan fingerprint density at radius 2 is 2.29 bits per heavy atom. The SMILES string of the molecule is CCCC(=O)c1ccn(Cc2cncn2C)c1. The molecule has 0 aromatic carbocycles. The van der Waals surface area contributed by atoms with Crippen molar-refractivity contribution >= 4 is 5.78 Å². The van der Waals surface area contributed by atoms with E-state index in [4.69, 9.17) is 0 Å². The van der Waals surface area contributed by atoms with Crippen LogP contribution < -0.4 is 0 Å². The monoisotopic (exact) mass is 231 g/mol. The summed E-state index contributed by atoms with van der Waals surface area (Å²) >= 11 is 0. The second-order valence-corrected chi connectivity index (χ2v) is 4.24. The predicted octanol–water partition coefficient (Wildman–Crippen LogP) is 2.25. The molecule has 2 rings (SSSR count). The van der Waals surface area contributed by atoms with Crippen LogP contribution in [0.2, 0.25) is 0 Å². The van der Waals surface area contributed by atoms with E-state index in [1.807, 2.05) is 47.8 Å². The fourth-order valence-electron chi connectivity index (χ4n) is 1.80. The third-order valence-corrected chi connectivity index (χ3v) is 2.81. The Hall–Kier alpha value is -1.84. The maximum absolute atomic E-state index is 11.7. The Balaban J connectivity index is 2.09. The molecule has 0 fully saturated rings. The van der Waals surface area contributed by atoms with Gasteiger partial charge in [0.25, 0.3) is 0 Å². The number of ketones is 1. The molecule has 0 aliphatic carbocycles. The molecule has 0 amide bonds. The van der Waals surface area contributed by atoms with Gasteiger partial charge in [-0.2, -0.15) is 0 Å². The minimum absolute atomic E-state index is 0.219. The highest BCUT2D eigenvalue weighted by molar-refractivity contribution is 5.95. The van der Waals surface area contributed by atoms with Gasteiger partial charge in [-0.25, -0.2) is 4.98 Å². The summed E-state index contributed by atoms with van der Waals surface area (Å²) < 4.78 is 3.99. The van der Waals surface area contributed by atoms with Gasteiger partial charge in [-0.3, -0.25) is 4.79 Å². The van der Waals surface area contributed by atoms with Gasteiger partial charge < -0.3 is 9.13 Å². The molecule has 2 aromatic heterocycles. The molecule has 2 aromatic rings. The molecular formula is C13H17N3O. The smallest absolute Gasteiger partial charge is 0.164 e. The molecule has 0 bridgehead atoms. The van der Waals surface area contributed by atoms with Gasteiger partial charge in [0, 0.05) is 37.6 Å². The van der Waals surface area contributed by atoms with Crippen molar-refractivity contribution in [2.45, 2.75) is 26.3 Å². The molecule has 90 valence electrons. The van der Waals surface area contributed by atoms with Crippen molar-refractivity contribution in [1.82, 2.24) is 14.1 Å². The van der Waals surface area contributed by atoms with Gasteiger partial charge in [0.1, 0.15) is 0 Å². The Bertz CT molecular complexity index is 510. The van der Waals surface area contributed by atoms with Gasteiger partial charge in [0.15, 0.2) is 5.78 Å². The fraction of sp³-hybridized carbons (Fsp3) is 0.385. The summed E-state index contributed by atoms with van der Waals surface area (Å²) in [6, 6.07) is 1.88. The number of imidazole rings is 1. The Morgan fingerprint density at radius 3 is 2.94 bits per heavy atom. The lowest BCUT2D eigenvalue weighted by molar-refractivity contribution is 0.0981. The number of nitrogens with zero attached hydrogens (tertiary/aromatic N) is 3. The summed E-state index contributed by atoms with van der Waals surface area (Å²) in [5.74, 6) is 0.219. The second-order valence-electron chi connectivity index (χ2n) is 4.24. The number of rotatable bonds is 5. The Morgan fingerprint density at radius 1 is 1.47 bits per heavy atom. The maximum Gasteiger partial charge on any atom is 0.164 e. The summed E-state index contributed by atoms with van der Waals surface area (Å²) in [6.45, 7) is 2.76. The van der Waals surface area contributed by atoms with E-state index in [-0.39, 0.29) is 5.78 Å². The number of hydrogen-bond acceptors (Lipinski definition) is 2. The molecule has 0 radical (unpaired) electrons. The van der Waals surface area contributed by atoms with E-state index < -0.39 is 0 Å². The molecular weight excluding hydrogens is 214 g/mol. The van der Waals surface area contributed by atoms with Crippen LogP contribution in [0.4, 0.5) is 0 Å². The minimum Gasteiger partial charge on any atom is -0.348 e. The molecule has 0 aliphatic rings. The van der Waals surface area contributed by atoms with Gasteiger partial charge in [-0.05, 0) is 12.5 Å². The standard InChI is InChI=1S/C13H17N3O/c1-3-4-13(17)11-5-6-16(8-11)9-12-7-14-10-15(12)2/h5-8,10H,3-4,9H2,1-2H3. The van der Waals surface area contributed by atoms with Crippen LogP contribution in [0.1, 0.15) is 35.8 Å². The van der Waals surface area contributed by atoms with Crippen LogP contribution in [0.15, 0.2) is 31.0 Å². The zero-order valence-corrected chi connectivity index (χ0v) is 10.3. The molecule has 17 heavy (non-hydrogen) atoms. The Kier molecular flexibility index (Phi) is 3.42. The van der Waals surface area contributed by atoms with E-state index in [0.29, 0.717) is 6.42 Å². The van der Waals surface area contributed by atoms with Crippen LogP contribution in [0.25, 0.3) is 0 Å². The zero-order valence-electron chi connectivity index (χ0n) is 10.3. The van der Waals surface area contributed by atoms with E-state index in [0.717, 1.165) is 24.2 Å². The third-order valence-electron chi connectivity index (χ3n) is 2.81. The van der Waals surface area contributed by atoms with Crippen LogP contribution in [0.3, 0.4) is 0 Å². The lowest BCUT2D eigenvalue weighted by atomic mass is 10.1. The van der Waals surface area contributed by atoms with Gasteiger partial charge in [0.05, 0.1) is 18.6 Å². The van der Waals surface area contributed by atoms with E-state index in [9.17, 15) is 4.79 Å². The van der Waals surface area contributed by atoms with E-state index in [1.54, 1.807) is 6.33 Å². The zero-order chi connectivity index (χ0) is 12.3. The van der Waals surface area contributed by atoms with Gasteiger partial charge in [-0.15, -0.1) is 0 Å². The first-order valence-electron chi connectivity index (χ1n) is 5.85. The highest BCUT2D eigenvalue weighted by Gasteiger charge is 2.07. The molecule has 0 unspecified atom stereocenters. The second kappa shape index (κ2) is 4.99.